The molecule has 1 aliphatic heterocycles. The Morgan fingerprint density at radius 3 is 2.40 bits per heavy atom. The van der Waals surface area contributed by atoms with E-state index in [1.165, 1.54) is 24.3 Å². The Hall–Kier alpha value is -2.58. The first-order valence-electron chi connectivity index (χ1n) is 7.80. The summed E-state index contributed by atoms with van der Waals surface area (Å²) in [5.74, 6) is 0.419. The fourth-order valence-electron chi connectivity index (χ4n) is 2.33. The van der Waals surface area contributed by atoms with Gasteiger partial charge in [-0.3, -0.25) is 10.2 Å². The zero-order valence-corrected chi connectivity index (χ0v) is 14.4. The predicted molar refractivity (Wildman–Crippen MR) is 91.0 cm³/mol. The number of hydrogen-bond acceptors (Lipinski definition) is 5. The molecule has 0 spiro atoms. The summed E-state index contributed by atoms with van der Waals surface area (Å²) >= 11 is 0. The molecular formula is C17H18N2O5S. The summed E-state index contributed by atoms with van der Waals surface area (Å²) in [4.78, 5) is 14.3. The Morgan fingerprint density at radius 2 is 1.72 bits per heavy atom. The molecule has 132 valence electrons. The topological polar surface area (TPSA) is 93.7 Å². The summed E-state index contributed by atoms with van der Waals surface area (Å²) in [6.45, 7) is 2.84. The van der Waals surface area contributed by atoms with Crippen molar-refractivity contribution in [3.8, 4) is 11.5 Å². The van der Waals surface area contributed by atoms with E-state index in [-0.39, 0.29) is 10.5 Å². The summed E-state index contributed by atoms with van der Waals surface area (Å²) in [7, 11) is -3.84. The molecule has 0 radical (unpaired) electrons. The number of hydrogen-bond donors (Lipinski definition) is 2. The van der Waals surface area contributed by atoms with Crippen LogP contribution in [0.4, 0.5) is 0 Å². The van der Waals surface area contributed by atoms with Crippen LogP contribution in [0.1, 0.15) is 22.8 Å². The molecule has 0 aromatic heterocycles. The quantitative estimate of drug-likeness (QED) is 0.789. The number of benzene rings is 2. The molecule has 2 aromatic carbocycles. The van der Waals surface area contributed by atoms with Gasteiger partial charge in [0.05, 0.1) is 4.90 Å². The molecular weight excluding hydrogens is 344 g/mol. The standard InChI is InChI=1S/C17H18N2O5S/c1-2-12-3-6-14(7-4-12)25(21,22)19-18-17(20)13-5-8-15-16(11-13)24-10-9-23-15/h3-8,11,19H,2,9-10H2,1H3,(H,18,20). The van der Waals surface area contributed by atoms with Gasteiger partial charge in [-0.05, 0) is 42.3 Å². The minimum absolute atomic E-state index is 0.0761. The highest BCUT2D eigenvalue weighted by Gasteiger charge is 2.18. The van der Waals surface area contributed by atoms with E-state index < -0.39 is 15.9 Å². The molecule has 2 N–H and O–H groups in total. The fourth-order valence-corrected chi connectivity index (χ4v) is 3.17. The van der Waals surface area contributed by atoms with Gasteiger partial charge in [-0.25, -0.2) is 8.42 Å². The van der Waals surface area contributed by atoms with E-state index in [0.717, 1.165) is 12.0 Å². The van der Waals surface area contributed by atoms with Crippen LogP contribution in [0.2, 0.25) is 0 Å². The zero-order valence-electron chi connectivity index (χ0n) is 13.6. The second-order valence-electron chi connectivity index (χ2n) is 5.42. The second kappa shape index (κ2) is 7.12. The minimum atomic E-state index is -3.84. The van der Waals surface area contributed by atoms with Gasteiger partial charge < -0.3 is 9.47 Å². The normalized spacial score (nSPS) is 13.3. The number of fused-ring (bicyclic) bond motifs is 1. The Kier molecular flexibility index (Phi) is 4.91. The van der Waals surface area contributed by atoms with Crippen LogP contribution in [0.25, 0.3) is 0 Å². The van der Waals surface area contributed by atoms with Crippen LogP contribution < -0.4 is 19.7 Å². The maximum atomic E-state index is 12.2. The van der Waals surface area contributed by atoms with Gasteiger partial charge in [0.2, 0.25) is 0 Å². The maximum absolute atomic E-state index is 12.2. The van der Waals surface area contributed by atoms with Gasteiger partial charge in [-0.15, -0.1) is 4.83 Å². The zero-order chi connectivity index (χ0) is 17.9. The highest BCUT2D eigenvalue weighted by molar-refractivity contribution is 7.89. The van der Waals surface area contributed by atoms with Crippen molar-refractivity contribution in [2.45, 2.75) is 18.2 Å². The maximum Gasteiger partial charge on any atom is 0.266 e. The smallest absolute Gasteiger partial charge is 0.266 e. The van der Waals surface area contributed by atoms with E-state index in [1.54, 1.807) is 18.2 Å². The van der Waals surface area contributed by atoms with Gasteiger partial charge in [0.15, 0.2) is 11.5 Å². The number of amides is 1. The Bertz CT molecular complexity index is 878. The van der Waals surface area contributed by atoms with Crippen molar-refractivity contribution in [1.82, 2.24) is 10.3 Å². The first-order valence-corrected chi connectivity index (χ1v) is 9.28. The van der Waals surface area contributed by atoms with Gasteiger partial charge in [0.1, 0.15) is 13.2 Å². The van der Waals surface area contributed by atoms with E-state index in [9.17, 15) is 13.2 Å². The van der Waals surface area contributed by atoms with Gasteiger partial charge in [-0.1, -0.05) is 19.1 Å². The van der Waals surface area contributed by atoms with E-state index >= 15 is 0 Å². The van der Waals surface area contributed by atoms with Gasteiger partial charge in [0, 0.05) is 5.56 Å². The summed E-state index contributed by atoms with van der Waals surface area (Å²) in [5.41, 5.74) is 3.48. The number of carbonyl (C=O) groups excluding carboxylic acids is 1. The number of aryl methyl sites for hydroxylation is 1. The molecule has 0 unspecified atom stereocenters. The molecule has 0 saturated carbocycles. The van der Waals surface area contributed by atoms with E-state index in [0.29, 0.717) is 24.7 Å². The lowest BCUT2D eigenvalue weighted by molar-refractivity contribution is 0.0944. The van der Waals surface area contributed by atoms with Crippen molar-refractivity contribution in [3.63, 3.8) is 0 Å². The van der Waals surface area contributed by atoms with E-state index in [1.807, 2.05) is 6.92 Å². The number of nitrogens with one attached hydrogen (secondary N) is 2. The summed E-state index contributed by atoms with van der Waals surface area (Å²) in [6, 6.07) is 11.1. The predicted octanol–water partition coefficient (Wildman–Crippen LogP) is 1.64. The molecule has 0 bridgehead atoms. The number of sulfonamides is 1. The molecule has 1 aliphatic rings. The molecule has 8 heteroatoms. The van der Waals surface area contributed by atoms with Crippen LogP contribution in [-0.4, -0.2) is 27.5 Å². The lowest BCUT2D eigenvalue weighted by Crippen LogP contribution is -2.41. The van der Waals surface area contributed by atoms with Crippen molar-refractivity contribution in [3.05, 3.63) is 53.6 Å². The fraction of sp³-hybridized carbons (Fsp3) is 0.235. The molecule has 1 amide bonds. The molecule has 0 aliphatic carbocycles. The third-order valence-electron chi connectivity index (χ3n) is 3.75. The van der Waals surface area contributed by atoms with Crippen molar-refractivity contribution < 1.29 is 22.7 Å². The molecule has 2 aromatic rings. The average Bonchev–Trinajstić information content (AvgIpc) is 2.65. The Balaban J connectivity index is 1.68. The number of carbonyl (C=O) groups is 1. The van der Waals surface area contributed by atoms with Crippen molar-refractivity contribution >= 4 is 15.9 Å². The van der Waals surface area contributed by atoms with Crippen LogP contribution in [0, 0.1) is 0 Å². The molecule has 1 heterocycles. The Morgan fingerprint density at radius 1 is 1.04 bits per heavy atom. The van der Waals surface area contributed by atoms with Gasteiger partial charge >= 0.3 is 0 Å². The van der Waals surface area contributed by atoms with Gasteiger partial charge in [0.25, 0.3) is 15.9 Å². The van der Waals surface area contributed by atoms with Crippen molar-refractivity contribution in [2.75, 3.05) is 13.2 Å². The third-order valence-corrected chi connectivity index (χ3v) is 5.01. The molecule has 3 rings (SSSR count). The second-order valence-corrected chi connectivity index (χ2v) is 7.10. The van der Waals surface area contributed by atoms with Crippen LogP contribution in [0.3, 0.4) is 0 Å². The van der Waals surface area contributed by atoms with E-state index in [2.05, 4.69) is 10.3 Å². The number of rotatable bonds is 5. The van der Waals surface area contributed by atoms with Crippen molar-refractivity contribution in [1.29, 1.82) is 0 Å². The first kappa shape index (κ1) is 17.2. The lowest BCUT2D eigenvalue weighted by atomic mass is 10.2. The van der Waals surface area contributed by atoms with E-state index in [4.69, 9.17) is 9.47 Å². The summed E-state index contributed by atoms with van der Waals surface area (Å²) < 4.78 is 35.2. The molecule has 0 saturated heterocycles. The Labute approximate surface area is 146 Å². The molecule has 25 heavy (non-hydrogen) atoms. The largest absolute Gasteiger partial charge is 0.486 e. The number of hydrazine groups is 1. The van der Waals surface area contributed by atoms with Gasteiger partial charge in [-0.2, -0.15) is 0 Å². The molecule has 0 fully saturated rings. The average molecular weight is 362 g/mol. The molecule has 0 atom stereocenters. The minimum Gasteiger partial charge on any atom is -0.486 e. The number of ether oxygens (including phenoxy) is 2. The van der Waals surface area contributed by atoms with Crippen LogP contribution in [-0.2, 0) is 16.4 Å². The SMILES string of the molecule is CCc1ccc(S(=O)(=O)NNC(=O)c2ccc3c(c2)OCCO3)cc1. The third kappa shape index (κ3) is 3.92. The highest BCUT2D eigenvalue weighted by Crippen LogP contribution is 2.30. The molecule has 7 nitrogen and oxygen atoms in total. The van der Waals surface area contributed by atoms with Crippen LogP contribution >= 0.6 is 0 Å². The van der Waals surface area contributed by atoms with Crippen LogP contribution in [0.5, 0.6) is 11.5 Å². The monoisotopic (exact) mass is 362 g/mol. The lowest BCUT2D eigenvalue weighted by Gasteiger charge is -2.18. The summed E-state index contributed by atoms with van der Waals surface area (Å²) in [6.07, 6.45) is 0.814. The summed E-state index contributed by atoms with van der Waals surface area (Å²) in [5, 5.41) is 0. The van der Waals surface area contributed by atoms with Crippen molar-refractivity contribution in [2.24, 2.45) is 0 Å². The van der Waals surface area contributed by atoms with Crippen LogP contribution in [0.15, 0.2) is 47.4 Å². The first-order chi connectivity index (χ1) is 12.0. The highest BCUT2D eigenvalue weighted by atomic mass is 32.2.